The molecule has 2 rings (SSSR count). The van der Waals surface area contributed by atoms with Gasteiger partial charge in [0.1, 0.15) is 5.75 Å². The Kier molecular flexibility index (Phi) is 4.21. The van der Waals surface area contributed by atoms with E-state index in [4.69, 9.17) is 9.84 Å². The Hall–Kier alpha value is -2.12. The average molecular weight is 280 g/mol. The minimum absolute atomic E-state index is 0.0176. The zero-order chi connectivity index (χ0) is 14.7. The van der Waals surface area contributed by atoms with Gasteiger partial charge in [-0.2, -0.15) is 0 Å². The van der Waals surface area contributed by atoms with Gasteiger partial charge in [0.2, 0.25) is 0 Å². The second kappa shape index (κ2) is 5.89. The molecule has 1 aromatic rings. The van der Waals surface area contributed by atoms with E-state index in [-0.39, 0.29) is 25.6 Å². The molecule has 1 aliphatic rings. The van der Waals surface area contributed by atoms with E-state index in [2.05, 4.69) is 5.32 Å². The van der Waals surface area contributed by atoms with E-state index in [1.165, 1.54) is 4.90 Å². The van der Waals surface area contributed by atoms with Crippen LogP contribution in [0.1, 0.15) is 11.7 Å². The lowest BCUT2D eigenvalue weighted by molar-refractivity contribution is -0.138. The lowest BCUT2D eigenvalue weighted by atomic mass is 10.1. The number of carboxylic acids is 1. The number of carbonyl (C=O) groups excluding carboxylic acids is 1. The Morgan fingerprint density at radius 2 is 2.30 bits per heavy atom. The van der Waals surface area contributed by atoms with Crippen LogP contribution in [-0.4, -0.2) is 53.7 Å². The van der Waals surface area contributed by atoms with Gasteiger partial charge in [-0.3, -0.25) is 14.5 Å². The minimum Gasteiger partial charge on any atom is -0.482 e. The number of nitrogens with one attached hydrogen (secondary N) is 1. The van der Waals surface area contributed by atoms with Gasteiger partial charge in [-0.05, 0) is 24.7 Å². The third-order valence-corrected chi connectivity index (χ3v) is 2.91. The number of aliphatic hydroxyl groups excluding tert-OH is 1. The summed E-state index contributed by atoms with van der Waals surface area (Å²) >= 11 is 0. The highest BCUT2D eigenvalue weighted by molar-refractivity contribution is 5.95. The van der Waals surface area contributed by atoms with Crippen LogP contribution >= 0.6 is 0 Å². The number of likely N-dealkylation sites (N-methyl/N-ethyl adjacent to an activating group) is 1. The number of anilines is 1. The third kappa shape index (κ3) is 3.46. The van der Waals surface area contributed by atoms with Gasteiger partial charge in [-0.25, -0.2) is 0 Å². The Labute approximate surface area is 115 Å². The van der Waals surface area contributed by atoms with Crippen molar-refractivity contribution in [2.24, 2.45) is 0 Å². The summed E-state index contributed by atoms with van der Waals surface area (Å²) in [7, 11) is 1.61. The number of amides is 1. The zero-order valence-electron chi connectivity index (χ0n) is 11.0. The number of nitrogens with zero attached hydrogens (tertiary/aromatic N) is 1. The number of rotatable bonds is 5. The first-order chi connectivity index (χ1) is 9.45. The zero-order valence-corrected chi connectivity index (χ0v) is 11.0. The molecule has 0 bridgehead atoms. The first-order valence-electron chi connectivity index (χ1n) is 6.10. The molecule has 0 radical (unpaired) electrons. The summed E-state index contributed by atoms with van der Waals surface area (Å²) in [5, 5.41) is 21.4. The Morgan fingerprint density at radius 3 is 3.00 bits per heavy atom. The van der Waals surface area contributed by atoms with Crippen LogP contribution in [0.5, 0.6) is 5.75 Å². The van der Waals surface area contributed by atoms with E-state index >= 15 is 0 Å². The smallest absolute Gasteiger partial charge is 0.317 e. The van der Waals surface area contributed by atoms with Gasteiger partial charge >= 0.3 is 5.97 Å². The summed E-state index contributed by atoms with van der Waals surface area (Å²) < 4.78 is 5.22. The Morgan fingerprint density at radius 1 is 1.55 bits per heavy atom. The maximum atomic E-state index is 11.2. The van der Waals surface area contributed by atoms with E-state index in [0.29, 0.717) is 17.0 Å². The molecule has 7 heteroatoms. The molecule has 1 aliphatic heterocycles. The summed E-state index contributed by atoms with van der Waals surface area (Å²) in [6, 6.07) is 4.99. The van der Waals surface area contributed by atoms with Crippen molar-refractivity contribution >= 4 is 17.6 Å². The molecule has 1 heterocycles. The van der Waals surface area contributed by atoms with Crippen LogP contribution in [0.2, 0.25) is 0 Å². The SMILES string of the molecule is CN(CC(=O)O)CC(O)c1ccc2c(c1)NC(=O)CO2. The van der Waals surface area contributed by atoms with Crippen LogP contribution in [0, 0.1) is 0 Å². The van der Waals surface area contributed by atoms with Crippen molar-refractivity contribution in [3.05, 3.63) is 23.8 Å². The fraction of sp³-hybridized carbons (Fsp3) is 0.385. The lowest BCUT2D eigenvalue weighted by Crippen LogP contribution is -2.30. The minimum atomic E-state index is -0.953. The van der Waals surface area contributed by atoms with Gasteiger partial charge in [0.25, 0.3) is 5.91 Å². The van der Waals surface area contributed by atoms with Crippen LogP contribution in [0.25, 0.3) is 0 Å². The van der Waals surface area contributed by atoms with Crippen molar-refractivity contribution in [3.8, 4) is 5.75 Å². The van der Waals surface area contributed by atoms with E-state index in [1.807, 2.05) is 0 Å². The van der Waals surface area contributed by atoms with Crippen molar-refractivity contribution in [1.29, 1.82) is 0 Å². The van der Waals surface area contributed by atoms with E-state index in [9.17, 15) is 14.7 Å². The Bertz CT molecular complexity index is 531. The number of hydrogen-bond donors (Lipinski definition) is 3. The number of fused-ring (bicyclic) bond motifs is 1. The first kappa shape index (κ1) is 14.3. The summed E-state index contributed by atoms with van der Waals surface area (Å²) in [6.45, 7) is 0.0119. The molecule has 1 unspecified atom stereocenters. The van der Waals surface area contributed by atoms with Crippen LogP contribution in [0.4, 0.5) is 5.69 Å². The summed E-state index contributed by atoms with van der Waals surface area (Å²) in [6.07, 6.45) is -0.844. The molecule has 3 N–H and O–H groups in total. The predicted molar refractivity (Wildman–Crippen MR) is 70.7 cm³/mol. The van der Waals surface area contributed by atoms with Gasteiger partial charge in [-0.15, -0.1) is 0 Å². The number of hydrogen-bond acceptors (Lipinski definition) is 5. The number of carboxylic acid groups (broad SMARTS) is 1. The quantitative estimate of drug-likeness (QED) is 0.706. The average Bonchev–Trinajstić information content (AvgIpc) is 2.36. The molecule has 108 valence electrons. The van der Waals surface area contributed by atoms with Gasteiger partial charge in [0.15, 0.2) is 6.61 Å². The van der Waals surface area contributed by atoms with Crippen LogP contribution in [-0.2, 0) is 9.59 Å². The second-order valence-electron chi connectivity index (χ2n) is 4.70. The molecular formula is C13H16N2O5. The molecule has 0 aliphatic carbocycles. The van der Waals surface area contributed by atoms with Crippen molar-refractivity contribution in [2.75, 3.05) is 32.1 Å². The number of benzene rings is 1. The predicted octanol–water partition coefficient (Wildman–Crippen LogP) is 0.0673. The molecule has 0 aromatic heterocycles. The molecule has 0 saturated carbocycles. The molecule has 20 heavy (non-hydrogen) atoms. The summed E-state index contributed by atoms with van der Waals surface area (Å²) in [4.78, 5) is 23.3. The number of aliphatic hydroxyl groups is 1. The van der Waals surface area contributed by atoms with E-state index in [1.54, 1.807) is 25.2 Å². The van der Waals surface area contributed by atoms with Gasteiger partial charge in [0, 0.05) is 6.54 Å². The topological polar surface area (TPSA) is 99.1 Å². The molecule has 0 saturated heterocycles. The number of ether oxygens (including phenoxy) is 1. The normalized spacial score (nSPS) is 15.2. The first-order valence-corrected chi connectivity index (χ1v) is 6.10. The van der Waals surface area contributed by atoms with Crippen molar-refractivity contribution < 1.29 is 24.5 Å². The van der Waals surface area contributed by atoms with Crippen molar-refractivity contribution in [3.63, 3.8) is 0 Å². The standard InChI is InChI=1S/C13H16N2O5/c1-15(6-13(18)19)5-10(16)8-2-3-11-9(4-8)14-12(17)7-20-11/h2-4,10,16H,5-7H2,1H3,(H,14,17)(H,18,19). The van der Waals surface area contributed by atoms with E-state index < -0.39 is 12.1 Å². The molecular weight excluding hydrogens is 264 g/mol. The van der Waals surface area contributed by atoms with Gasteiger partial charge < -0.3 is 20.3 Å². The number of aliphatic carboxylic acids is 1. The molecule has 7 nitrogen and oxygen atoms in total. The highest BCUT2D eigenvalue weighted by atomic mass is 16.5. The third-order valence-electron chi connectivity index (χ3n) is 2.91. The molecule has 1 atom stereocenters. The van der Waals surface area contributed by atoms with Crippen LogP contribution in [0.15, 0.2) is 18.2 Å². The maximum Gasteiger partial charge on any atom is 0.317 e. The van der Waals surface area contributed by atoms with Gasteiger partial charge in [0.05, 0.1) is 18.3 Å². The molecule has 1 aromatic carbocycles. The molecule has 1 amide bonds. The number of carbonyl (C=O) groups is 2. The maximum absolute atomic E-state index is 11.2. The highest BCUT2D eigenvalue weighted by Gasteiger charge is 2.19. The summed E-state index contributed by atoms with van der Waals surface area (Å²) in [5.41, 5.74) is 1.10. The van der Waals surface area contributed by atoms with Crippen LogP contribution < -0.4 is 10.1 Å². The highest BCUT2D eigenvalue weighted by Crippen LogP contribution is 2.30. The van der Waals surface area contributed by atoms with Gasteiger partial charge in [-0.1, -0.05) is 6.07 Å². The van der Waals surface area contributed by atoms with Crippen LogP contribution in [0.3, 0.4) is 0 Å². The molecule has 0 fully saturated rings. The monoisotopic (exact) mass is 280 g/mol. The fourth-order valence-corrected chi connectivity index (χ4v) is 2.00. The van der Waals surface area contributed by atoms with Crippen molar-refractivity contribution in [2.45, 2.75) is 6.10 Å². The Balaban J connectivity index is 2.07. The second-order valence-corrected chi connectivity index (χ2v) is 4.70. The fourth-order valence-electron chi connectivity index (χ4n) is 2.00. The summed E-state index contributed by atoms with van der Waals surface area (Å²) in [5.74, 6) is -0.641. The largest absolute Gasteiger partial charge is 0.482 e. The molecule has 0 spiro atoms. The van der Waals surface area contributed by atoms with E-state index in [0.717, 1.165) is 0 Å². The lowest BCUT2D eigenvalue weighted by Gasteiger charge is -2.22. The van der Waals surface area contributed by atoms with Crippen molar-refractivity contribution in [1.82, 2.24) is 4.90 Å².